The molecule has 4 amide bonds. The quantitative estimate of drug-likeness (QED) is 0.0512. The molecule has 5 aromatic carbocycles. The zero-order valence-electron chi connectivity index (χ0n) is 26.4. The highest BCUT2D eigenvalue weighted by atomic mass is 127. The van der Waals surface area contributed by atoms with Crippen LogP contribution in [0.15, 0.2) is 40.9 Å². The molecular formula is C36H26BrF6IN2O4. The van der Waals surface area contributed by atoms with E-state index in [1.54, 1.807) is 26.0 Å². The minimum atomic E-state index is -4.86. The van der Waals surface area contributed by atoms with Crippen molar-refractivity contribution < 1.29 is 45.5 Å². The van der Waals surface area contributed by atoms with E-state index in [0.29, 0.717) is 63.0 Å². The van der Waals surface area contributed by atoms with Gasteiger partial charge in [0.15, 0.2) is 0 Å². The Morgan fingerprint density at radius 1 is 0.600 bits per heavy atom. The van der Waals surface area contributed by atoms with Gasteiger partial charge in [-0.3, -0.25) is 29.0 Å². The number of benzene rings is 5. The molecule has 0 saturated carbocycles. The molecule has 260 valence electrons. The van der Waals surface area contributed by atoms with Gasteiger partial charge >= 0.3 is 12.4 Å². The van der Waals surface area contributed by atoms with Gasteiger partial charge in [0.25, 0.3) is 23.6 Å². The summed E-state index contributed by atoms with van der Waals surface area (Å²) >= 11 is 5.49. The molecular weight excluding hydrogens is 845 g/mol. The molecule has 6 nitrogen and oxygen atoms in total. The van der Waals surface area contributed by atoms with Crippen molar-refractivity contribution in [2.45, 2.75) is 76.8 Å². The first-order valence-electron chi connectivity index (χ1n) is 16.0. The minimum Gasteiger partial charge on any atom is -0.269 e. The van der Waals surface area contributed by atoms with Crippen LogP contribution < -0.4 is 0 Å². The van der Waals surface area contributed by atoms with E-state index >= 15 is 0 Å². The minimum absolute atomic E-state index is 0.0632. The zero-order valence-corrected chi connectivity index (χ0v) is 30.2. The van der Waals surface area contributed by atoms with E-state index in [1.165, 1.54) is 24.3 Å². The monoisotopic (exact) mass is 870 g/mol. The third-order valence-electron chi connectivity index (χ3n) is 9.85. The van der Waals surface area contributed by atoms with Gasteiger partial charge in [-0.2, -0.15) is 26.3 Å². The summed E-state index contributed by atoms with van der Waals surface area (Å²) in [4.78, 5) is 56.1. The van der Waals surface area contributed by atoms with Crippen LogP contribution in [0.1, 0.15) is 93.8 Å². The predicted molar refractivity (Wildman–Crippen MR) is 188 cm³/mol. The number of nitrogens with zero attached hydrogens (tertiary/aromatic N) is 2. The number of rotatable bonds is 8. The van der Waals surface area contributed by atoms with E-state index in [-0.39, 0.29) is 45.9 Å². The first-order valence-corrected chi connectivity index (χ1v) is 17.9. The van der Waals surface area contributed by atoms with Crippen molar-refractivity contribution >= 4 is 105 Å². The van der Waals surface area contributed by atoms with Crippen LogP contribution in [0.25, 0.3) is 43.1 Å². The van der Waals surface area contributed by atoms with Gasteiger partial charge in [0.2, 0.25) is 0 Å². The molecule has 2 atom stereocenters. The molecule has 14 heteroatoms. The predicted octanol–water partition coefficient (Wildman–Crippen LogP) is 10.5. The summed E-state index contributed by atoms with van der Waals surface area (Å²) in [6.07, 6.45) is -9.43. The van der Waals surface area contributed by atoms with Gasteiger partial charge in [0.1, 0.15) is 12.1 Å². The molecule has 2 heterocycles. The Labute approximate surface area is 302 Å². The summed E-state index contributed by atoms with van der Waals surface area (Å²) < 4.78 is 86.7. The summed E-state index contributed by atoms with van der Waals surface area (Å²) in [6.45, 7) is 3.43. The molecule has 5 aromatic rings. The van der Waals surface area contributed by atoms with E-state index < -0.39 is 60.9 Å². The lowest BCUT2D eigenvalue weighted by Gasteiger charge is -2.36. The lowest BCUT2D eigenvalue weighted by molar-refractivity contribution is -0.173. The van der Waals surface area contributed by atoms with Gasteiger partial charge in [-0.15, -0.1) is 0 Å². The van der Waals surface area contributed by atoms with E-state index in [1.807, 2.05) is 22.6 Å². The Morgan fingerprint density at radius 2 is 1.00 bits per heavy atom. The number of alkyl halides is 6. The number of halogens is 8. The third kappa shape index (κ3) is 4.94. The Bertz CT molecular complexity index is 2160. The molecule has 0 aliphatic carbocycles. The second kappa shape index (κ2) is 12.0. The normalized spacial score (nSPS) is 16.6. The van der Waals surface area contributed by atoms with Crippen molar-refractivity contribution in [3.63, 3.8) is 0 Å². The van der Waals surface area contributed by atoms with Gasteiger partial charge in [-0.25, -0.2) is 0 Å². The second-order valence-electron chi connectivity index (χ2n) is 12.7. The Morgan fingerprint density at radius 3 is 1.44 bits per heavy atom. The van der Waals surface area contributed by atoms with Gasteiger partial charge in [0.05, 0.1) is 0 Å². The maximum absolute atomic E-state index is 14.3. The van der Waals surface area contributed by atoms with Crippen LogP contribution in [0.4, 0.5) is 26.3 Å². The number of unbranched alkanes of at least 4 members (excludes halogenated alkanes) is 2. The average Bonchev–Trinajstić information content (AvgIpc) is 3.04. The maximum atomic E-state index is 14.3. The number of amides is 4. The number of hydrogen-bond donors (Lipinski definition) is 0. The van der Waals surface area contributed by atoms with E-state index in [2.05, 4.69) is 15.9 Å². The smallest absolute Gasteiger partial charge is 0.269 e. The van der Waals surface area contributed by atoms with Crippen molar-refractivity contribution in [2.75, 3.05) is 0 Å². The van der Waals surface area contributed by atoms with Gasteiger partial charge in [0, 0.05) is 62.6 Å². The van der Waals surface area contributed by atoms with Gasteiger partial charge in [-0.1, -0.05) is 67.6 Å². The molecule has 0 aromatic heterocycles. The van der Waals surface area contributed by atoms with Crippen LogP contribution in [0.3, 0.4) is 0 Å². The van der Waals surface area contributed by atoms with Crippen LogP contribution in [0, 0.1) is 3.57 Å². The molecule has 0 saturated heterocycles. The summed E-state index contributed by atoms with van der Waals surface area (Å²) in [5.74, 6) is -4.26. The molecule has 7 rings (SSSR count). The summed E-state index contributed by atoms with van der Waals surface area (Å²) in [6, 6.07) is 4.07. The molecule has 50 heavy (non-hydrogen) atoms. The lowest BCUT2D eigenvalue weighted by atomic mass is 9.81. The maximum Gasteiger partial charge on any atom is 0.409 e. The Hall–Kier alpha value is -3.53. The van der Waals surface area contributed by atoms with Gasteiger partial charge in [-0.05, 0) is 70.5 Å². The number of imide groups is 2. The van der Waals surface area contributed by atoms with Crippen LogP contribution in [-0.4, -0.2) is 57.9 Å². The highest BCUT2D eigenvalue weighted by molar-refractivity contribution is 14.1. The summed E-state index contributed by atoms with van der Waals surface area (Å²) in [7, 11) is 0. The third-order valence-corrected chi connectivity index (χ3v) is 11.3. The van der Waals surface area contributed by atoms with Crippen molar-refractivity contribution in [1.29, 1.82) is 0 Å². The average molecular weight is 871 g/mol. The first kappa shape index (κ1) is 34.9. The molecule has 0 N–H and O–H groups in total. The van der Waals surface area contributed by atoms with Gasteiger partial charge < -0.3 is 0 Å². The van der Waals surface area contributed by atoms with Crippen molar-refractivity contribution in [3.8, 4) is 0 Å². The standard InChI is InChI=1S/C36H26BrF6IN2O4/c1-3-5-7-23(35(38,39)40)45-31(47)17-12-10-16-28-22(44)14-20-26-18(32(48)46(34(20)50)24(8-6-4-2)36(41,42)43)11-9-15(30(26)28)27-21(37)13-19(33(45)49)25(17)29(16)27/h9-14,23-24H,3-8H2,1-2H3. The lowest BCUT2D eigenvalue weighted by Crippen LogP contribution is -2.53. The largest absolute Gasteiger partial charge is 0.409 e. The summed E-state index contributed by atoms with van der Waals surface area (Å²) in [5, 5.41) is 3.19. The van der Waals surface area contributed by atoms with Crippen molar-refractivity contribution in [2.24, 2.45) is 0 Å². The van der Waals surface area contributed by atoms with Crippen molar-refractivity contribution in [1.82, 2.24) is 9.80 Å². The zero-order chi connectivity index (χ0) is 36.2. The van der Waals surface area contributed by atoms with Crippen molar-refractivity contribution in [3.05, 3.63) is 66.7 Å². The van der Waals surface area contributed by atoms with E-state index in [9.17, 15) is 45.5 Å². The topological polar surface area (TPSA) is 74.8 Å². The molecule has 2 unspecified atom stereocenters. The van der Waals surface area contributed by atoms with Crippen LogP contribution in [0.2, 0.25) is 0 Å². The second-order valence-corrected chi connectivity index (χ2v) is 14.8. The van der Waals surface area contributed by atoms with Crippen LogP contribution in [0.5, 0.6) is 0 Å². The SMILES string of the molecule is CCCCC(N1C(=O)c2ccc3c4c(I)cc5c6c(ccc(c7c(Br)cc(c2c37)C1=O)c64)C(=O)N(C(CCCC)C(F)(F)F)C5=O)C(F)(F)F. The molecule has 0 fully saturated rings. The number of hydrogen-bond acceptors (Lipinski definition) is 4. The highest BCUT2D eigenvalue weighted by Crippen LogP contribution is 2.50. The van der Waals surface area contributed by atoms with Crippen LogP contribution >= 0.6 is 38.5 Å². The summed E-state index contributed by atoms with van der Waals surface area (Å²) in [5.41, 5.74) is -0.300. The Balaban J connectivity index is 1.51. The molecule has 2 aliphatic rings. The molecule has 0 bridgehead atoms. The fraction of sp³-hybridized carbons (Fsp3) is 0.333. The number of carbonyl (C=O) groups is 4. The number of carbonyl (C=O) groups excluding carboxylic acids is 4. The van der Waals surface area contributed by atoms with E-state index in [0.717, 1.165) is 0 Å². The fourth-order valence-electron chi connectivity index (χ4n) is 7.65. The van der Waals surface area contributed by atoms with Crippen LogP contribution in [-0.2, 0) is 0 Å². The van der Waals surface area contributed by atoms with E-state index in [4.69, 9.17) is 0 Å². The molecule has 0 spiro atoms. The Kier molecular flexibility index (Phi) is 8.39. The highest BCUT2D eigenvalue weighted by Gasteiger charge is 2.52. The molecule has 2 aliphatic heterocycles. The fourth-order valence-corrected chi connectivity index (χ4v) is 9.16. The number of fused-ring (bicyclic) bond motifs is 2. The first-order chi connectivity index (χ1) is 23.5. The molecule has 0 radical (unpaired) electrons.